The first-order valence-electron chi connectivity index (χ1n) is 25.3. The van der Waals surface area contributed by atoms with Crippen molar-refractivity contribution in [2.45, 2.75) is 207 Å². The van der Waals surface area contributed by atoms with E-state index in [1.807, 2.05) is 0 Å². The van der Waals surface area contributed by atoms with E-state index in [4.69, 9.17) is 28.4 Å². The van der Waals surface area contributed by atoms with Gasteiger partial charge in [-0.2, -0.15) is 0 Å². The van der Waals surface area contributed by atoms with Gasteiger partial charge < -0.3 is 89.7 Å². The number of aliphatic hydroxyl groups is 10. The number of hydrogen-bond donors (Lipinski definition) is 11. The largest absolute Gasteiger partial charge is 1.00 e. The third kappa shape index (κ3) is 18.3. The van der Waals surface area contributed by atoms with Crippen molar-refractivity contribution < 1.29 is 133 Å². The number of halogens is 1. The number of aliphatic carboxylic acids is 1. The fourth-order valence-electron chi connectivity index (χ4n) is 9.43. The molecule has 3 aliphatic rings. The molecule has 3 aliphatic heterocycles. The second-order valence-electron chi connectivity index (χ2n) is 19.0. The van der Waals surface area contributed by atoms with Gasteiger partial charge in [-0.25, -0.2) is 14.0 Å². The van der Waals surface area contributed by atoms with Crippen molar-refractivity contribution in [3.05, 3.63) is 58.5 Å². The molecule has 0 bridgehead atoms. The Bertz CT molecular complexity index is 1940. The molecule has 4 rings (SSSR count). The van der Waals surface area contributed by atoms with Crippen molar-refractivity contribution in [3.8, 4) is 0 Å². The molecule has 0 radical (unpaired) electrons. The first-order valence-corrected chi connectivity index (χ1v) is 25.3. The van der Waals surface area contributed by atoms with E-state index in [1.165, 1.54) is 57.1 Å². The number of unbranched alkanes of at least 4 members (excludes halogenated alkanes) is 11. The number of nitrogens with zero attached hydrogens (tertiary/aromatic N) is 4. The van der Waals surface area contributed by atoms with Gasteiger partial charge in [0.05, 0.1) is 50.1 Å². The number of aliphatic imine (C=N–C) groups is 1. The van der Waals surface area contributed by atoms with Gasteiger partial charge in [0.2, 0.25) is 0 Å². The number of esters is 1. The summed E-state index contributed by atoms with van der Waals surface area (Å²) >= 11 is 0. The summed E-state index contributed by atoms with van der Waals surface area (Å²) < 4.78 is 51.4. The number of benzene rings is 1. The summed E-state index contributed by atoms with van der Waals surface area (Å²) in [7, 11) is 0. The molecule has 3 heterocycles. The van der Waals surface area contributed by atoms with Gasteiger partial charge in [0.15, 0.2) is 18.2 Å². The van der Waals surface area contributed by atoms with Crippen LogP contribution in [0.4, 0.5) is 4.39 Å². The van der Waals surface area contributed by atoms with Crippen molar-refractivity contribution in [3.63, 3.8) is 0 Å². The maximum atomic E-state index is 17.2. The number of azide groups is 1. The quantitative estimate of drug-likeness (QED) is 0.00412. The summed E-state index contributed by atoms with van der Waals surface area (Å²) in [6.07, 6.45) is -16.1. The number of hydrogen-bond acceptors (Lipinski definition) is 21. The molecule has 11 N–H and O–H groups in total. The second-order valence-corrected chi connectivity index (χ2v) is 19.0. The van der Waals surface area contributed by atoms with Gasteiger partial charge >= 0.3 is 41.5 Å². The SMILES string of the molecule is CCCCCCCCCCCCC/C=C/[C@@H](OC(=O)c1ccccc1)[C@H](CO[C@@H]1O[C@H](CO)[C@@H](O[C@@H]2O[C@H](CO)[C@H](O)[C@H]([C@H](F)[C@]3(C(=O)O)C[C@H](O)[C@@H](N=C(C)[O-])[C@H]([C@H](O)[C@H](O)CO)O3)[C@H]2O)[C@H](O)[C@H]1O)N=[N+]=[N-].[Na+]. The van der Waals surface area contributed by atoms with Gasteiger partial charge in [0, 0.05) is 11.3 Å². The third-order valence-corrected chi connectivity index (χ3v) is 13.6. The van der Waals surface area contributed by atoms with Gasteiger partial charge in [-0.05, 0) is 49.4 Å². The topological polar surface area (TPSA) is 396 Å². The predicted molar refractivity (Wildman–Crippen MR) is 255 cm³/mol. The summed E-state index contributed by atoms with van der Waals surface area (Å²) in [5, 5.41) is 134. The standard InChI is InChI=1S/C49H77FN4O20.Na/c1-3-4-5-6-7-8-9-10-11-12-13-14-18-21-32(70-45(66)28-19-16-15-17-20-28)29(53-54-51)26-69-46-41(65)40(64)42(34(25-57)72-46)73-47-39(63)35(38(62)33(24-56)71-47)44(50)49(48(67)68)22-30(59)36(52-27(2)58)43(74-49)37(61)31(60)23-55;/h15-21,29-44,46-47,55-57,59-65H,3-14,22-26H2,1-2H3,(H,52,58)(H,67,68);/q;+1/p-1/b21-18+;/t29-,30-,31+,32+,33+,34+,35-,36+,37+,38-,39+,40+,41+,42+,43+,44-,46+,47-,49-;/m0./s1. The van der Waals surface area contributed by atoms with Crippen LogP contribution in [-0.2, 0) is 33.2 Å². The second kappa shape index (κ2) is 33.4. The van der Waals surface area contributed by atoms with E-state index in [2.05, 4.69) is 21.9 Å². The van der Waals surface area contributed by atoms with Crippen LogP contribution in [0.1, 0.15) is 108 Å². The van der Waals surface area contributed by atoms with Crippen LogP contribution in [0.3, 0.4) is 0 Å². The Morgan fingerprint density at radius 1 is 0.893 bits per heavy atom. The Hall–Kier alpha value is -2.99. The van der Waals surface area contributed by atoms with Gasteiger partial charge in [0.1, 0.15) is 79.3 Å². The third-order valence-electron chi connectivity index (χ3n) is 13.6. The molecule has 0 spiro atoms. The molecule has 0 unspecified atom stereocenters. The molecule has 24 nitrogen and oxygen atoms in total. The monoisotopic (exact) mass is 1080 g/mol. The van der Waals surface area contributed by atoms with Gasteiger partial charge in [-0.3, -0.25) is 4.99 Å². The average Bonchev–Trinajstić information content (AvgIpc) is 3.38. The number of allylic oxidation sites excluding steroid dienone is 1. The van der Waals surface area contributed by atoms with E-state index in [9.17, 15) is 76.4 Å². The van der Waals surface area contributed by atoms with E-state index in [1.54, 1.807) is 30.4 Å². The molecular formula is C49H76FN4NaO20. The number of alkyl halides is 1. The number of carboxylic acids is 1. The zero-order valence-corrected chi connectivity index (χ0v) is 44.7. The molecule has 0 saturated carbocycles. The normalized spacial score (nSPS) is 32.3. The van der Waals surface area contributed by atoms with E-state index in [-0.39, 0.29) is 35.1 Å². The predicted octanol–water partition coefficient (Wildman–Crippen LogP) is -2.78. The molecule has 75 heavy (non-hydrogen) atoms. The van der Waals surface area contributed by atoms with E-state index < -0.39 is 166 Å². The molecule has 1 aromatic carbocycles. The molecule has 1 aromatic rings. The Morgan fingerprint density at radius 3 is 2.05 bits per heavy atom. The van der Waals surface area contributed by atoms with Crippen molar-refractivity contribution >= 4 is 17.8 Å². The van der Waals surface area contributed by atoms with Gasteiger partial charge in [-0.15, -0.1) is 0 Å². The first-order chi connectivity index (χ1) is 35.4. The molecular weight excluding hydrogens is 1010 g/mol. The van der Waals surface area contributed by atoms with Crippen molar-refractivity contribution in [2.75, 3.05) is 26.4 Å². The number of aliphatic hydroxyl groups excluding tert-OH is 10. The minimum Gasteiger partial charge on any atom is -0.862 e. The van der Waals surface area contributed by atoms with Crippen molar-refractivity contribution in [1.29, 1.82) is 0 Å². The summed E-state index contributed by atoms with van der Waals surface area (Å²) in [6.45, 7) is -0.743. The molecule has 420 valence electrons. The smallest absolute Gasteiger partial charge is 0.862 e. The molecule has 26 heteroatoms. The molecule has 0 aliphatic carbocycles. The summed E-state index contributed by atoms with van der Waals surface area (Å²) in [6, 6.07) is 4.91. The number of carboxylic acid groups (broad SMARTS) is 1. The van der Waals surface area contributed by atoms with E-state index in [0.717, 1.165) is 32.6 Å². The molecule has 3 fully saturated rings. The summed E-state index contributed by atoms with van der Waals surface area (Å²) in [5.74, 6) is -6.26. The number of carbonyl (C=O) groups is 2. The molecule has 0 amide bonds. The van der Waals surface area contributed by atoms with Crippen LogP contribution in [-0.4, -0.2) is 210 Å². The fourth-order valence-corrected chi connectivity index (χ4v) is 9.43. The Balaban J connectivity index is 0.0000148. The summed E-state index contributed by atoms with van der Waals surface area (Å²) in [4.78, 5) is 32.7. The van der Waals surface area contributed by atoms with Gasteiger partial charge in [-0.1, -0.05) is 101 Å². The van der Waals surface area contributed by atoms with E-state index in [0.29, 0.717) is 6.42 Å². The number of rotatable bonds is 31. The van der Waals surface area contributed by atoms with E-state index >= 15 is 4.39 Å². The Kier molecular flexibility index (Phi) is 29.6. The van der Waals surface area contributed by atoms with Crippen molar-refractivity contribution in [2.24, 2.45) is 16.0 Å². The van der Waals surface area contributed by atoms with Crippen LogP contribution in [0.25, 0.3) is 10.4 Å². The number of ether oxygens (including phenoxy) is 6. The van der Waals surface area contributed by atoms with Gasteiger partial charge in [0.25, 0.3) is 0 Å². The van der Waals surface area contributed by atoms with Crippen LogP contribution < -0.4 is 34.7 Å². The first kappa shape index (κ1) is 66.3. The average molecular weight is 1080 g/mol. The maximum absolute atomic E-state index is 17.2. The zero-order chi connectivity index (χ0) is 54.5. The minimum absolute atomic E-state index is 0. The maximum Gasteiger partial charge on any atom is 1.00 e. The molecule has 0 aromatic heterocycles. The molecule has 19 atom stereocenters. The summed E-state index contributed by atoms with van der Waals surface area (Å²) in [5.41, 5.74) is 6.44. The zero-order valence-electron chi connectivity index (χ0n) is 42.7. The number of carbonyl (C=O) groups excluding carboxylic acids is 1. The Morgan fingerprint density at radius 2 is 1.49 bits per heavy atom. The molecule has 3 saturated heterocycles. The van der Waals surface area contributed by atoms with Crippen LogP contribution in [0.5, 0.6) is 0 Å². The fraction of sp³-hybridized carbons (Fsp3) is 0.776. The van der Waals surface area contributed by atoms with Crippen molar-refractivity contribution in [1.82, 2.24) is 0 Å². The van der Waals surface area contributed by atoms with Crippen LogP contribution in [0.15, 0.2) is 52.6 Å². The van der Waals surface area contributed by atoms with Crippen LogP contribution in [0.2, 0.25) is 0 Å². The Labute approximate surface area is 457 Å². The minimum atomic E-state index is -3.33. The van der Waals surface area contributed by atoms with Crippen LogP contribution in [0, 0.1) is 5.92 Å². The van der Waals surface area contributed by atoms with Crippen LogP contribution >= 0.6 is 0 Å².